The van der Waals surface area contributed by atoms with E-state index >= 15 is 0 Å². The summed E-state index contributed by atoms with van der Waals surface area (Å²) in [5, 5.41) is 0. The Morgan fingerprint density at radius 1 is 0.244 bits per heavy atom. The lowest BCUT2D eigenvalue weighted by molar-refractivity contribution is 0.151. The molecule has 0 aromatic carbocycles. The third-order valence-electron chi connectivity index (χ3n) is 3.39. The van der Waals surface area contributed by atoms with E-state index in [1.165, 1.54) is 109 Å². The number of hydrogen-bond acceptors (Lipinski definition) is 0. The summed E-state index contributed by atoms with van der Waals surface area (Å²) in [5.74, 6) is 2.23. The van der Waals surface area contributed by atoms with Gasteiger partial charge in [-0.25, -0.2) is 0 Å². The van der Waals surface area contributed by atoms with Gasteiger partial charge in [0, 0.05) is 0 Å². The fraction of sp³-hybridized carbons (Fsp3) is 1.00. The minimum absolute atomic E-state index is 1.12. The molecule has 0 nitrogen and oxygen atoms in total. The van der Waals surface area contributed by atoms with E-state index in [-0.39, 0.29) is 0 Å². The molecule has 1 saturated carbocycles. The van der Waals surface area contributed by atoms with Crippen LogP contribution in [-0.4, -0.2) is 0 Å². The summed E-state index contributed by atoms with van der Waals surface area (Å²) in [6, 6.07) is 0. The van der Waals surface area contributed by atoms with Crippen molar-refractivity contribution >= 4 is 0 Å². The van der Waals surface area contributed by atoms with E-state index in [2.05, 4.69) is 152 Å². The first-order valence-electron chi connectivity index (χ1n) is 19.5. The summed E-state index contributed by atoms with van der Waals surface area (Å²) < 4.78 is 0. The standard InChI is InChI=1S/C10H20.C4H10.9C3H8/c1-3-5-9-7-8-10(9)6-4-2;1-3-4-2;9*1-3-2/h9-10H,3-8H2,1-2H3;3-4H2,1-2H3;9*3H2,1-2H3. The van der Waals surface area contributed by atoms with Crippen LogP contribution in [0.1, 0.15) is 261 Å². The van der Waals surface area contributed by atoms with Crippen LogP contribution >= 0.6 is 0 Å². The van der Waals surface area contributed by atoms with E-state index in [4.69, 9.17) is 0 Å². The highest BCUT2D eigenvalue weighted by molar-refractivity contribution is 4.79. The van der Waals surface area contributed by atoms with Crippen LogP contribution in [-0.2, 0) is 0 Å². The van der Waals surface area contributed by atoms with Gasteiger partial charge in [-0.2, -0.15) is 0 Å². The van der Waals surface area contributed by atoms with Gasteiger partial charge >= 0.3 is 0 Å². The molecule has 1 rings (SSSR count). The monoisotopic (exact) mass is 595 g/mol. The Morgan fingerprint density at radius 2 is 0.366 bits per heavy atom. The highest BCUT2D eigenvalue weighted by atomic mass is 14.3. The lowest BCUT2D eigenvalue weighted by Crippen LogP contribution is -2.25. The Balaban J connectivity index is -0.0000000340. The van der Waals surface area contributed by atoms with Gasteiger partial charge in [0.1, 0.15) is 0 Å². The molecule has 0 amide bonds. The van der Waals surface area contributed by atoms with Gasteiger partial charge in [-0.15, -0.1) is 0 Å². The van der Waals surface area contributed by atoms with Crippen molar-refractivity contribution in [3.8, 4) is 0 Å². The van der Waals surface area contributed by atoms with Crippen LogP contribution in [0.15, 0.2) is 0 Å². The van der Waals surface area contributed by atoms with E-state index in [1.54, 1.807) is 0 Å². The van der Waals surface area contributed by atoms with Gasteiger partial charge in [0.15, 0.2) is 0 Å². The molecule has 1 aliphatic rings. The minimum Gasteiger partial charge on any atom is -0.0656 e. The van der Waals surface area contributed by atoms with Crippen LogP contribution in [0, 0.1) is 11.8 Å². The maximum atomic E-state index is 2.31. The van der Waals surface area contributed by atoms with E-state index in [9.17, 15) is 0 Å². The first-order valence-corrected chi connectivity index (χ1v) is 19.5. The fourth-order valence-electron chi connectivity index (χ4n) is 2.14. The smallest absolute Gasteiger partial charge is 0.0386 e. The van der Waals surface area contributed by atoms with Crippen molar-refractivity contribution in [1.29, 1.82) is 0 Å². The predicted octanol–water partition coefficient (Wildman–Crippen LogP) is 18.2. The molecule has 0 heterocycles. The van der Waals surface area contributed by atoms with Crippen LogP contribution in [0.5, 0.6) is 0 Å². The van der Waals surface area contributed by atoms with Gasteiger partial charge in [-0.3, -0.25) is 0 Å². The molecule has 0 spiro atoms. The maximum absolute atomic E-state index is 2.31. The molecule has 2 unspecified atom stereocenters. The maximum Gasteiger partial charge on any atom is -0.0386 e. The third-order valence-corrected chi connectivity index (χ3v) is 3.39. The van der Waals surface area contributed by atoms with Gasteiger partial charge in [0.25, 0.3) is 0 Å². The molecule has 0 aromatic heterocycles. The van der Waals surface area contributed by atoms with Crippen molar-refractivity contribution in [3.63, 3.8) is 0 Å². The van der Waals surface area contributed by atoms with Crippen molar-refractivity contribution in [2.24, 2.45) is 11.8 Å². The van der Waals surface area contributed by atoms with Crippen LogP contribution < -0.4 is 0 Å². The Kier molecular flexibility index (Phi) is 191. The van der Waals surface area contributed by atoms with Gasteiger partial charge in [0.2, 0.25) is 0 Å². The zero-order valence-electron chi connectivity index (χ0n) is 35.2. The summed E-state index contributed by atoms with van der Waals surface area (Å²) in [4.78, 5) is 0. The molecule has 0 aromatic rings. The van der Waals surface area contributed by atoms with Crippen molar-refractivity contribution in [1.82, 2.24) is 0 Å². The van der Waals surface area contributed by atoms with Crippen LogP contribution in [0.4, 0.5) is 0 Å². The second-order valence-corrected chi connectivity index (χ2v) is 11.0. The van der Waals surface area contributed by atoms with E-state index in [1.807, 2.05) is 0 Å². The second-order valence-electron chi connectivity index (χ2n) is 11.0. The molecule has 0 radical (unpaired) electrons. The molecular formula is C41H102. The van der Waals surface area contributed by atoms with Crippen molar-refractivity contribution in [3.05, 3.63) is 0 Å². The minimum atomic E-state index is 1.12. The van der Waals surface area contributed by atoms with Crippen LogP contribution in [0.3, 0.4) is 0 Å². The normalized spacial score (nSPS) is 12.4. The van der Waals surface area contributed by atoms with Crippen LogP contribution in [0.25, 0.3) is 0 Å². The Hall–Kier alpha value is 0. The number of rotatable bonds is 5. The highest BCUT2D eigenvalue weighted by Gasteiger charge is 2.28. The summed E-state index contributed by atoms with van der Waals surface area (Å²) >= 11 is 0. The molecule has 0 saturated heterocycles. The molecule has 1 aliphatic carbocycles. The topological polar surface area (TPSA) is 0 Å². The molecule has 2 atom stereocenters. The van der Waals surface area contributed by atoms with Gasteiger partial charge in [-0.1, -0.05) is 249 Å². The van der Waals surface area contributed by atoms with Crippen molar-refractivity contribution in [2.45, 2.75) is 261 Å². The quantitative estimate of drug-likeness (QED) is 0.297. The SMILES string of the molecule is CCC.CCC.CCC.CCC.CCC.CCC.CCC.CCC.CCC.CCCC.CCCC1CCC1CCC. The van der Waals surface area contributed by atoms with E-state index < -0.39 is 0 Å². The van der Waals surface area contributed by atoms with Gasteiger partial charge in [0.05, 0.1) is 0 Å². The predicted molar refractivity (Wildman–Crippen MR) is 210 cm³/mol. The van der Waals surface area contributed by atoms with Crippen LogP contribution in [0.2, 0.25) is 0 Å². The lowest BCUT2D eigenvalue weighted by atomic mass is 9.69. The van der Waals surface area contributed by atoms with E-state index in [0.717, 1.165) is 11.8 Å². The Morgan fingerprint density at radius 3 is 0.415 bits per heavy atom. The third kappa shape index (κ3) is 226. The molecule has 0 aliphatic heterocycles. The first kappa shape index (κ1) is 68.3. The molecular weight excluding hydrogens is 492 g/mol. The lowest BCUT2D eigenvalue weighted by Gasteiger charge is -2.36. The largest absolute Gasteiger partial charge is 0.0656 e. The Bertz CT molecular complexity index is 166. The second kappa shape index (κ2) is 115. The van der Waals surface area contributed by atoms with Gasteiger partial charge in [-0.05, 0) is 24.7 Å². The summed E-state index contributed by atoms with van der Waals surface area (Å²) in [7, 11) is 0. The Labute approximate surface area is 272 Å². The zero-order chi connectivity index (χ0) is 35.2. The molecule has 266 valence electrons. The molecule has 1 fully saturated rings. The summed E-state index contributed by atoms with van der Waals surface area (Å²) in [6.07, 6.45) is 22.7. The molecule has 0 N–H and O–H groups in total. The molecule has 41 heavy (non-hydrogen) atoms. The number of unbranched alkanes of at least 4 members (excludes halogenated alkanes) is 1. The van der Waals surface area contributed by atoms with Crippen molar-refractivity contribution < 1.29 is 0 Å². The first-order chi connectivity index (χ1) is 19.5. The summed E-state index contributed by atoms with van der Waals surface area (Å²) in [6.45, 7) is 47.2. The van der Waals surface area contributed by atoms with Gasteiger partial charge < -0.3 is 0 Å². The average Bonchev–Trinajstić information content (AvgIpc) is 2.90. The molecule has 0 bridgehead atoms. The van der Waals surface area contributed by atoms with Crippen molar-refractivity contribution in [2.75, 3.05) is 0 Å². The summed E-state index contributed by atoms with van der Waals surface area (Å²) in [5.41, 5.74) is 0. The highest BCUT2D eigenvalue weighted by Crippen LogP contribution is 2.40. The van der Waals surface area contributed by atoms with E-state index in [0.29, 0.717) is 0 Å². The fourth-order valence-corrected chi connectivity index (χ4v) is 2.14. The number of hydrogen-bond donors (Lipinski definition) is 0. The average molecular weight is 595 g/mol. The zero-order valence-corrected chi connectivity index (χ0v) is 35.2. The molecule has 0 heteroatoms.